The quantitative estimate of drug-likeness (QED) is 0.541. The molecule has 84 valence electrons. The van der Waals surface area contributed by atoms with Gasteiger partial charge in [-0.25, -0.2) is 0 Å². The number of nitrogens with two attached hydrogens (primary N) is 1. The van der Waals surface area contributed by atoms with E-state index in [1.807, 2.05) is 6.92 Å². The third-order valence-corrected chi connectivity index (χ3v) is 2.52. The van der Waals surface area contributed by atoms with Crippen molar-refractivity contribution in [3.8, 4) is 0 Å². The Morgan fingerprint density at radius 3 is 2.33 bits per heavy atom. The number of hydrogen-bond donors (Lipinski definition) is 4. The van der Waals surface area contributed by atoms with Crippen molar-refractivity contribution in [1.29, 1.82) is 0 Å². The molecule has 0 aliphatic rings. The van der Waals surface area contributed by atoms with E-state index in [1.165, 1.54) is 0 Å². The van der Waals surface area contributed by atoms with Crippen LogP contribution in [0.5, 0.6) is 0 Å². The van der Waals surface area contributed by atoms with Crippen molar-refractivity contribution >= 4 is 5.69 Å². The van der Waals surface area contributed by atoms with Crippen molar-refractivity contribution in [2.75, 3.05) is 12.3 Å². The van der Waals surface area contributed by atoms with Crippen LogP contribution in [0.15, 0.2) is 12.1 Å². The van der Waals surface area contributed by atoms with Crippen LogP contribution in [0, 0.1) is 13.8 Å². The van der Waals surface area contributed by atoms with Crippen LogP contribution in [0.25, 0.3) is 0 Å². The van der Waals surface area contributed by atoms with Gasteiger partial charge in [0.05, 0.1) is 6.61 Å². The monoisotopic (exact) mass is 211 g/mol. The Hall–Kier alpha value is -1.10. The number of hydrogen-bond acceptors (Lipinski definition) is 4. The summed E-state index contributed by atoms with van der Waals surface area (Å²) in [7, 11) is 0. The summed E-state index contributed by atoms with van der Waals surface area (Å²) >= 11 is 0. The second kappa shape index (κ2) is 4.61. The van der Waals surface area contributed by atoms with E-state index in [1.54, 1.807) is 19.1 Å². The highest BCUT2D eigenvalue weighted by atomic mass is 16.4. The molecule has 5 N–H and O–H groups in total. The Morgan fingerprint density at radius 2 is 1.80 bits per heavy atom. The third kappa shape index (κ3) is 2.47. The average molecular weight is 211 g/mol. The highest BCUT2D eigenvalue weighted by Crippen LogP contribution is 2.25. The molecule has 15 heavy (non-hydrogen) atoms. The van der Waals surface area contributed by atoms with Crippen LogP contribution in [0.1, 0.15) is 22.8 Å². The average Bonchev–Trinajstić information content (AvgIpc) is 2.21. The maximum Gasteiger partial charge on any atom is 0.107 e. The summed E-state index contributed by atoms with van der Waals surface area (Å²) in [6, 6.07) is 3.48. The summed E-state index contributed by atoms with van der Waals surface area (Å²) in [4.78, 5) is 0. The smallest absolute Gasteiger partial charge is 0.107 e. The largest absolute Gasteiger partial charge is 0.399 e. The van der Waals surface area contributed by atoms with E-state index in [2.05, 4.69) is 0 Å². The first kappa shape index (κ1) is 12.0. The molecular formula is C11H17NO3. The molecule has 0 aromatic heterocycles. The predicted octanol–water partition coefficient (Wildman–Crippen LogP) is 0.272. The van der Waals surface area contributed by atoms with Crippen LogP contribution in [0.4, 0.5) is 5.69 Å². The number of aliphatic hydroxyl groups excluding tert-OH is 3. The number of nitrogen functional groups attached to an aromatic ring is 1. The van der Waals surface area contributed by atoms with Gasteiger partial charge in [0.2, 0.25) is 0 Å². The van der Waals surface area contributed by atoms with Crippen LogP contribution < -0.4 is 5.73 Å². The molecule has 0 bridgehead atoms. The van der Waals surface area contributed by atoms with Gasteiger partial charge in [-0.1, -0.05) is 6.07 Å². The molecule has 2 atom stereocenters. The standard InChI is InChI=1S/C11H17NO3/c1-6-4-9(12)7(2)3-8(6)11(15)10(14)5-13/h3-4,10-11,13-15H,5,12H2,1-2H3. The summed E-state index contributed by atoms with van der Waals surface area (Å²) in [5.74, 6) is 0. The SMILES string of the molecule is Cc1cc(C(O)C(O)CO)c(C)cc1N. The highest BCUT2D eigenvalue weighted by Gasteiger charge is 2.19. The maximum atomic E-state index is 9.73. The fraction of sp³-hybridized carbons (Fsp3) is 0.455. The van der Waals surface area contributed by atoms with Crippen LogP contribution in [-0.4, -0.2) is 28.0 Å². The summed E-state index contributed by atoms with van der Waals surface area (Å²) in [5, 5.41) is 27.8. The molecule has 1 rings (SSSR count). The first-order valence-electron chi connectivity index (χ1n) is 4.81. The lowest BCUT2D eigenvalue weighted by Gasteiger charge is -2.19. The van der Waals surface area contributed by atoms with Crippen molar-refractivity contribution in [3.63, 3.8) is 0 Å². The van der Waals surface area contributed by atoms with Crippen LogP contribution in [0.2, 0.25) is 0 Å². The molecule has 4 nitrogen and oxygen atoms in total. The predicted molar refractivity (Wildman–Crippen MR) is 58.4 cm³/mol. The molecule has 0 aliphatic heterocycles. The van der Waals surface area contributed by atoms with Gasteiger partial charge < -0.3 is 21.1 Å². The summed E-state index contributed by atoms with van der Waals surface area (Å²) in [6.45, 7) is 3.17. The van der Waals surface area contributed by atoms with Gasteiger partial charge in [0.15, 0.2) is 0 Å². The molecule has 0 heterocycles. The Balaban J connectivity index is 3.09. The Labute approximate surface area is 89.0 Å². The Morgan fingerprint density at radius 1 is 1.20 bits per heavy atom. The van der Waals surface area contributed by atoms with Crippen molar-refractivity contribution in [2.45, 2.75) is 26.1 Å². The van der Waals surface area contributed by atoms with E-state index in [0.717, 1.165) is 11.1 Å². The van der Waals surface area contributed by atoms with Gasteiger partial charge in [0.1, 0.15) is 12.2 Å². The zero-order chi connectivity index (χ0) is 11.6. The van der Waals surface area contributed by atoms with E-state index in [9.17, 15) is 10.2 Å². The first-order chi connectivity index (χ1) is 6.97. The molecule has 2 unspecified atom stereocenters. The number of benzene rings is 1. The zero-order valence-electron chi connectivity index (χ0n) is 8.94. The van der Waals surface area contributed by atoms with Gasteiger partial charge in [-0.3, -0.25) is 0 Å². The number of rotatable bonds is 3. The summed E-state index contributed by atoms with van der Waals surface area (Å²) < 4.78 is 0. The number of aryl methyl sites for hydroxylation is 2. The van der Waals surface area contributed by atoms with Crippen LogP contribution >= 0.6 is 0 Å². The van der Waals surface area contributed by atoms with Crippen molar-refractivity contribution in [1.82, 2.24) is 0 Å². The minimum Gasteiger partial charge on any atom is -0.399 e. The van der Waals surface area contributed by atoms with E-state index in [0.29, 0.717) is 11.3 Å². The van der Waals surface area contributed by atoms with Gasteiger partial charge in [-0.2, -0.15) is 0 Å². The van der Waals surface area contributed by atoms with Gasteiger partial charge in [0, 0.05) is 5.69 Å². The minimum absolute atomic E-state index is 0.468. The topological polar surface area (TPSA) is 86.7 Å². The zero-order valence-corrected chi connectivity index (χ0v) is 8.94. The number of aliphatic hydroxyl groups is 3. The van der Waals surface area contributed by atoms with E-state index in [-0.39, 0.29) is 0 Å². The Bertz CT molecular complexity index is 352. The molecule has 0 aliphatic carbocycles. The molecular weight excluding hydrogens is 194 g/mol. The first-order valence-corrected chi connectivity index (χ1v) is 4.81. The molecule has 0 fully saturated rings. The minimum atomic E-state index is -1.16. The van der Waals surface area contributed by atoms with Crippen LogP contribution in [-0.2, 0) is 0 Å². The van der Waals surface area contributed by atoms with E-state index in [4.69, 9.17) is 10.8 Å². The van der Waals surface area contributed by atoms with E-state index >= 15 is 0 Å². The van der Waals surface area contributed by atoms with Gasteiger partial charge in [0.25, 0.3) is 0 Å². The van der Waals surface area contributed by atoms with Crippen molar-refractivity contribution in [3.05, 3.63) is 28.8 Å². The van der Waals surface area contributed by atoms with Crippen molar-refractivity contribution < 1.29 is 15.3 Å². The second-order valence-electron chi connectivity index (χ2n) is 3.76. The highest BCUT2D eigenvalue weighted by molar-refractivity contribution is 5.51. The summed E-state index contributed by atoms with van der Waals surface area (Å²) in [5.41, 5.74) is 8.61. The van der Waals surface area contributed by atoms with Gasteiger partial charge in [-0.05, 0) is 36.6 Å². The van der Waals surface area contributed by atoms with Crippen LogP contribution in [0.3, 0.4) is 0 Å². The molecule has 0 radical (unpaired) electrons. The molecule has 1 aromatic carbocycles. The van der Waals surface area contributed by atoms with Crippen molar-refractivity contribution in [2.24, 2.45) is 0 Å². The normalized spacial score (nSPS) is 15.0. The van der Waals surface area contributed by atoms with Gasteiger partial charge >= 0.3 is 0 Å². The van der Waals surface area contributed by atoms with Gasteiger partial charge in [-0.15, -0.1) is 0 Å². The van der Waals surface area contributed by atoms with E-state index < -0.39 is 18.8 Å². The lowest BCUT2D eigenvalue weighted by Crippen LogP contribution is -2.22. The number of anilines is 1. The second-order valence-corrected chi connectivity index (χ2v) is 3.76. The molecule has 0 saturated carbocycles. The lowest BCUT2D eigenvalue weighted by atomic mass is 9.96. The fourth-order valence-corrected chi connectivity index (χ4v) is 1.49. The molecule has 4 heteroatoms. The molecule has 1 aromatic rings. The summed E-state index contributed by atoms with van der Waals surface area (Å²) in [6.07, 6.45) is -2.24. The fourth-order valence-electron chi connectivity index (χ4n) is 1.49. The molecule has 0 saturated heterocycles. The molecule has 0 amide bonds. The maximum absolute atomic E-state index is 9.73. The lowest BCUT2D eigenvalue weighted by molar-refractivity contribution is -0.0155. The molecule has 0 spiro atoms. The Kier molecular flexibility index (Phi) is 3.68. The third-order valence-electron chi connectivity index (χ3n) is 2.52.